The smallest absolute Gasteiger partial charge is 0.397 e. The van der Waals surface area contributed by atoms with Crippen LogP contribution in [-0.2, 0) is 66.9 Å². The molecule has 2 aromatic rings. The first-order valence-corrected chi connectivity index (χ1v) is 33.9. The van der Waals surface area contributed by atoms with E-state index in [1.54, 1.807) is 84.9 Å². The monoisotopic (exact) mass is 1330 g/mol. The van der Waals surface area contributed by atoms with Gasteiger partial charge in [-0.1, -0.05) is 111 Å². The number of anilines is 1. The van der Waals surface area contributed by atoms with E-state index in [2.05, 4.69) is 16.4 Å². The van der Waals surface area contributed by atoms with Crippen molar-refractivity contribution in [2.75, 3.05) is 33.1 Å². The van der Waals surface area contributed by atoms with Crippen molar-refractivity contribution < 1.29 is 105 Å². The van der Waals surface area contributed by atoms with Gasteiger partial charge in [0, 0.05) is 50.3 Å². The zero-order chi connectivity index (χ0) is 69.5. The van der Waals surface area contributed by atoms with Gasteiger partial charge in [0.05, 0.1) is 60.3 Å². The van der Waals surface area contributed by atoms with Crippen LogP contribution in [0.2, 0.25) is 0 Å². The molecular formula is C67H110N2O22S. The van der Waals surface area contributed by atoms with Crippen LogP contribution < -0.4 is 10.1 Å². The minimum atomic E-state index is -4.23. The largest absolute Gasteiger partial charge is 0.507 e. The number of phenols is 1. The number of methoxy groups -OCH3 is 1. The standard InChI is InChI=1S/C40H71NO14.C15H13NO4.C12H26O4S/c1-15-27-40(11,48)33(44)22(5)30(43)20(3)18-38(9,47)35(55-37-32(53-28(42)16-2)26(41(12)13)17-21(4)50-37)23(6)31(24(7)36(46)52-27)54-29-19-39(10,49-14)34(45)25(8)51-29;1-10(17)16-11-6-8-12(9-7-11)20-15(19)13-4-2-3-5-14(13)18;1-2-3-4-5-6-7-8-9-10-11-12-16-17(13,14)15/h20-27,29,31-35,37,44-45,47-48H,15-19H2,1-14H3;2-9,18H,1H3,(H,16,17);2-12H2,1H3,(H,13,14,15). The minimum Gasteiger partial charge on any atom is -0.507 e. The molecule has 0 aliphatic carbocycles. The number of carbonyl (C=O) groups excluding carboxylic acids is 5. The number of benzene rings is 2. The Morgan fingerprint density at radius 3 is 1.89 bits per heavy atom. The van der Waals surface area contributed by atoms with E-state index < -0.39 is 130 Å². The van der Waals surface area contributed by atoms with Gasteiger partial charge < -0.3 is 73.6 Å². The van der Waals surface area contributed by atoms with Crippen molar-refractivity contribution in [1.29, 1.82) is 0 Å². The maximum Gasteiger partial charge on any atom is 0.397 e. The minimum absolute atomic E-state index is 0.0760. The quantitative estimate of drug-likeness (QED) is 0.0223. The van der Waals surface area contributed by atoms with Gasteiger partial charge in [-0.25, -0.2) is 8.98 Å². The Bertz CT molecular complexity index is 2690. The summed E-state index contributed by atoms with van der Waals surface area (Å²) in [7, 11) is 0.973. The molecule has 0 aromatic heterocycles. The average molecular weight is 1330 g/mol. The molecule has 24 nitrogen and oxygen atoms in total. The highest BCUT2D eigenvalue weighted by atomic mass is 32.3. The predicted octanol–water partition coefficient (Wildman–Crippen LogP) is 9.04. The first-order valence-electron chi connectivity index (χ1n) is 32.6. The SMILES string of the molecule is CC(=O)Nc1ccc(OC(=O)c2ccccc2O)cc1.CCC(=O)OC1C(OC2C(C)C(OC3CC(C)(OC)C(O)C(C)O3)C(C)C(=O)OC(CC)C(C)(O)C(O)C(C)C(=O)C(C)CC2(C)O)OC(C)CC1N(C)C.CCCCCCCCCCCCOS(=O)(=O)O. The number of likely N-dealkylation sites (N-methyl/N-ethyl adjacent to an activating group) is 1. The second kappa shape index (κ2) is 38.1. The van der Waals surface area contributed by atoms with Crippen LogP contribution in [0.3, 0.4) is 0 Å². The van der Waals surface area contributed by atoms with Gasteiger partial charge >= 0.3 is 28.3 Å². The lowest BCUT2D eigenvalue weighted by Crippen LogP contribution is -2.61. The number of para-hydroxylation sites is 1. The van der Waals surface area contributed by atoms with Crippen molar-refractivity contribution >= 4 is 45.7 Å². The summed E-state index contributed by atoms with van der Waals surface area (Å²) in [6.07, 6.45) is 2.17. The number of hydrogen-bond acceptors (Lipinski definition) is 22. The number of unbranched alkanes of at least 4 members (excludes halogenated alkanes) is 9. The number of amides is 1. The molecule has 526 valence electrons. The van der Waals surface area contributed by atoms with Crippen LogP contribution in [-0.4, -0.2) is 185 Å². The summed E-state index contributed by atoms with van der Waals surface area (Å²) in [5.74, 6) is -6.21. The number of phenolic OH excluding ortho intramolecular Hbond substituents is 1. The molecule has 2 aromatic carbocycles. The normalized spacial score (nSPS) is 32.3. The lowest BCUT2D eigenvalue weighted by molar-refractivity contribution is -0.319. The summed E-state index contributed by atoms with van der Waals surface area (Å²) >= 11 is 0. The molecule has 3 fully saturated rings. The number of aliphatic hydroxyl groups excluding tert-OH is 2. The second-order valence-corrected chi connectivity index (χ2v) is 26.9. The zero-order valence-electron chi connectivity index (χ0n) is 57.2. The molecule has 3 heterocycles. The number of cyclic esters (lactones) is 1. The number of Topliss-reactive ketones (excluding diaryl/α,β-unsaturated/α-hetero) is 1. The van der Waals surface area contributed by atoms with Gasteiger partial charge in [0.25, 0.3) is 0 Å². The summed E-state index contributed by atoms with van der Waals surface area (Å²) in [4.78, 5) is 65.6. The number of hydrogen-bond donors (Lipinski definition) is 7. The second-order valence-electron chi connectivity index (χ2n) is 25.8. The van der Waals surface area contributed by atoms with Gasteiger partial charge in [0.15, 0.2) is 18.7 Å². The van der Waals surface area contributed by atoms with E-state index in [0.717, 1.165) is 12.8 Å². The van der Waals surface area contributed by atoms with Crippen molar-refractivity contribution in [3.05, 3.63) is 54.1 Å². The number of carbonyl (C=O) groups is 5. The summed E-state index contributed by atoms with van der Waals surface area (Å²) in [5.41, 5.74) is -4.21. The Morgan fingerprint density at radius 2 is 1.36 bits per heavy atom. The lowest BCUT2D eigenvalue weighted by Gasteiger charge is -2.49. The summed E-state index contributed by atoms with van der Waals surface area (Å²) in [6, 6.07) is 12.2. The Kier molecular flexibility index (Phi) is 33.8. The van der Waals surface area contributed by atoms with Gasteiger partial charge in [-0.15, -0.1) is 0 Å². The fourth-order valence-electron chi connectivity index (χ4n) is 12.1. The maximum atomic E-state index is 14.2. The maximum absolute atomic E-state index is 14.2. The number of nitrogens with zero attached hydrogens (tertiary/aromatic N) is 1. The molecule has 92 heavy (non-hydrogen) atoms. The highest BCUT2D eigenvalue weighted by Crippen LogP contribution is 2.41. The van der Waals surface area contributed by atoms with Crippen LogP contribution in [0.5, 0.6) is 11.5 Å². The molecule has 3 aliphatic rings. The Balaban J connectivity index is 0.000000481. The van der Waals surface area contributed by atoms with Crippen molar-refractivity contribution in [2.45, 2.75) is 271 Å². The number of ether oxygens (including phenoxy) is 8. The van der Waals surface area contributed by atoms with Crippen LogP contribution in [0.15, 0.2) is 48.5 Å². The number of rotatable bonds is 24. The van der Waals surface area contributed by atoms with Crippen LogP contribution in [0.1, 0.15) is 197 Å². The number of nitrogens with one attached hydrogen (secondary N) is 1. The molecule has 25 heteroatoms. The number of aliphatic hydroxyl groups is 4. The van der Waals surface area contributed by atoms with Crippen LogP contribution >= 0.6 is 0 Å². The average Bonchev–Trinajstić information content (AvgIpc) is 0.805. The Morgan fingerprint density at radius 1 is 0.772 bits per heavy atom. The summed E-state index contributed by atoms with van der Waals surface area (Å²) in [6.45, 7) is 21.7. The molecular weight excluding hydrogens is 1220 g/mol. The van der Waals surface area contributed by atoms with Crippen LogP contribution in [0.4, 0.5) is 5.69 Å². The highest BCUT2D eigenvalue weighted by molar-refractivity contribution is 7.80. The van der Waals surface area contributed by atoms with E-state index in [4.69, 9.17) is 42.4 Å². The van der Waals surface area contributed by atoms with E-state index in [1.807, 2.05) is 25.9 Å². The third-order valence-corrected chi connectivity index (χ3v) is 18.1. The first kappa shape index (κ1) is 81.5. The third kappa shape index (κ3) is 25.1. The summed E-state index contributed by atoms with van der Waals surface area (Å²) < 4.78 is 81.7. The van der Waals surface area contributed by atoms with E-state index in [9.17, 15) is 57.9 Å². The van der Waals surface area contributed by atoms with Crippen molar-refractivity contribution in [3.8, 4) is 11.5 Å². The molecule has 3 aliphatic heterocycles. The Labute approximate surface area is 546 Å². The molecule has 5 rings (SSSR count). The van der Waals surface area contributed by atoms with Crippen LogP contribution in [0.25, 0.3) is 0 Å². The zero-order valence-corrected chi connectivity index (χ0v) is 58.0. The number of ketones is 1. The lowest BCUT2D eigenvalue weighted by atomic mass is 9.74. The summed E-state index contributed by atoms with van der Waals surface area (Å²) in [5, 5.41) is 58.7. The van der Waals surface area contributed by atoms with Crippen molar-refractivity contribution in [2.24, 2.45) is 23.7 Å². The molecule has 7 N–H and O–H groups in total. The highest BCUT2D eigenvalue weighted by Gasteiger charge is 2.54. The van der Waals surface area contributed by atoms with Gasteiger partial charge in [0.1, 0.15) is 40.7 Å². The number of esters is 3. The topological polar surface area (TPSA) is 339 Å². The molecule has 1 amide bonds. The van der Waals surface area contributed by atoms with E-state index in [1.165, 1.54) is 91.9 Å². The molecule has 0 radical (unpaired) electrons. The first-order chi connectivity index (χ1) is 43.0. The van der Waals surface area contributed by atoms with E-state index in [0.29, 0.717) is 24.3 Å². The fourth-order valence-corrected chi connectivity index (χ4v) is 12.5. The molecule has 0 bridgehead atoms. The third-order valence-electron chi connectivity index (χ3n) is 17.6. The fraction of sp³-hybridized carbons (Fsp3) is 0.746. The molecule has 18 atom stereocenters. The van der Waals surface area contributed by atoms with Gasteiger partial charge in [-0.3, -0.25) is 23.7 Å². The van der Waals surface area contributed by atoms with E-state index >= 15 is 0 Å². The molecule has 3 saturated heterocycles. The molecule has 18 unspecified atom stereocenters. The van der Waals surface area contributed by atoms with Crippen LogP contribution in [0, 0.1) is 23.7 Å². The van der Waals surface area contributed by atoms with E-state index in [-0.39, 0.29) is 61.7 Å². The number of aromatic hydroxyl groups is 1. The Hall–Kier alpha value is -4.74. The van der Waals surface area contributed by atoms with Crippen molar-refractivity contribution in [3.63, 3.8) is 0 Å². The van der Waals surface area contributed by atoms with Crippen molar-refractivity contribution in [1.82, 2.24) is 4.90 Å². The molecule has 0 spiro atoms. The predicted molar refractivity (Wildman–Crippen MR) is 344 cm³/mol. The van der Waals surface area contributed by atoms with Gasteiger partial charge in [0.2, 0.25) is 5.91 Å². The molecule has 0 saturated carbocycles. The van der Waals surface area contributed by atoms with Gasteiger partial charge in [-0.2, -0.15) is 8.42 Å². The van der Waals surface area contributed by atoms with Gasteiger partial charge in [-0.05, 0) is 118 Å².